The molecule has 1 aromatic heterocycles. The van der Waals surface area contributed by atoms with Crippen LogP contribution < -0.4 is 10.1 Å². The van der Waals surface area contributed by atoms with Crippen LogP contribution in [0.15, 0.2) is 54.6 Å². The third kappa shape index (κ3) is 4.04. The molecule has 3 heterocycles. The van der Waals surface area contributed by atoms with Gasteiger partial charge < -0.3 is 14.8 Å². The molecule has 0 spiro atoms. The van der Waals surface area contributed by atoms with Gasteiger partial charge in [0.05, 0.1) is 40.0 Å². The lowest BCUT2D eigenvalue weighted by Gasteiger charge is -2.60. The molecule has 7 heteroatoms. The van der Waals surface area contributed by atoms with Crippen molar-refractivity contribution in [2.45, 2.75) is 63.9 Å². The minimum atomic E-state index is -0.283. The van der Waals surface area contributed by atoms with Crippen LogP contribution >= 0.6 is 11.3 Å². The number of hydrogen-bond acceptors (Lipinski definition) is 5. The van der Waals surface area contributed by atoms with E-state index in [2.05, 4.69) is 28.5 Å². The Morgan fingerprint density at radius 3 is 2.48 bits per heavy atom. The second-order valence-electron chi connectivity index (χ2n) is 13.3. The van der Waals surface area contributed by atoms with Gasteiger partial charge in [-0.15, -0.1) is 11.3 Å². The zero-order chi connectivity index (χ0) is 28.7. The summed E-state index contributed by atoms with van der Waals surface area (Å²) >= 11 is 1.62. The Labute approximate surface area is 249 Å². The first-order valence-electron chi connectivity index (χ1n) is 15.1. The molecule has 4 bridgehead atoms. The summed E-state index contributed by atoms with van der Waals surface area (Å²) in [4.78, 5) is 18.1. The number of carbonyl (C=O) groups is 1. The monoisotopic (exact) mass is 582 g/mol. The first-order chi connectivity index (χ1) is 20.3. The number of aryl methyl sites for hydroxylation is 1. The summed E-state index contributed by atoms with van der Waals surface area (Å²) in [6, 6.07) is 17.6. The SMILES string of the molecule is COc1ccc(C23CCC(Cc4c(NC(=O)C56CC(C5)C6)ccc(F)c4-c4ccc5nc(C)sc5c4)(CC2)CO3)cc1. The lowest BCUT2D eigenvalue weighted by Crippen LogP contribution is -2.58. The first kappa shape index (κ1) is 26.3. The molecular weight excluding hydrogens is 547 g/mol. The molecule has 0 radical (unpaired) electrons. The zero-order valence-corrected chi connectivity index (χ0v) is 24.9. The average molecular weight is 583 g/mol. The van der Waals surface area contributed by atoms with Gasteiger partial charge in [-0.2, -0.15) is 0 Å². The van der Waals surface area contributed by atoms with Crippen molar-refractivity contribution in [3.8, 4) is 16.9 Å². The molecule has 3 aromatic carbocycles. The molecule has 0 unspecified atom stereocenters. The van der Waals surface area contributed by atoms with E-state index in [1.807, 2.05) is 31.2 Å². The van der Waals surface area contributed by atoms with Crippen LogP contribution in [0.2, 0.25) is 0 Å². The molecule has 6 aliphatic rings. The molecule has 4 saturated carbocycles. The van der Waals surface area contributed by atoms with Crippen molar-refractivity contribution < 1.29 is 18.7 Å². The van der Waals surface area contributed by atoms with Gasteiger partial charge in [0.15, 0.2) is 0 Å². The molecule has 2 aliphatic heterocycles. The van der Waals surface area contributed by atoms with Crippen LogP contribution in [-0.2, 0) is 21.6 Å². The fourth-order valence-corrected chi connectivity index (χ4v) is 8.94. The number of aromatic nitrogens is 1. The number of nitrogens with zero attached hydrogens (tertiary/aromatic N) is 1. The van der Waals surface area contributed by atoms with Crippen molar-refractivity contribution in [2.75, 3.05) is 19.0 Å². The van der Waals surface area contributed by atoms with E-state index >= 15 is 4.39 Å². The fraction of sp³-hybridized carbons (Fsp3) is 0.429. The molecule has 10 rings (SSSR count). The van der Waals surface area contributed by atoms with E-state index in [1.165, 1.54) is 11.6 Å². The molecule has 216 valence electrons. The van der Waals surface area contributed by atoms with Gasteiger partial charge in [-0.3, -0.25) is 4.79 Å². The lowest BCUT2D eigenvalue weighted by molar-refractivity contribution is -0.189. The number of ether oxygens (including phenoxy) is 2. The molecule has 6 fully saturated rings. The Kier molecular flexibility index (Phi) is 5.87. The van der Waals surface area contributed by atoms with Crippen molar-refractivity contribution in [3.63, 3.8) is 0 Å². The Hall–Kier alpha value is -3.29. The topological polar surface area (TPSA) is 60.5 Å². The Balaban J connectivity index is 1.15. The Bertz CT molecular complexity index is 1690. The average Bonchev–Trinajstić information content (AvgIpc) is 3.33. The second-order valence-corrected chi connectivity index (χ2v) is 14.5. The summed E-state index contributed by atoms with van der Waals surface area (Å²) in [5.41, 5.74) is 4.56. The van der Waals surface area contributed by atoms with Gasteiger partial charge in [0.2, 0.25) is 5.91 Å². The maximum atomic E-state index is 15.9. The number of halogens is 1. The van der Waals surface area contributed by atoms with E-state index < -0.39 is 0 Å². The van der Waals surface area contributed by atoms with Gasteiger partial charge in [-0.1, -0.05) is 18.2 Å². The van der Waals surface area contributed by atoms with Crippen LogP contribution in [0.4, 0.5) is 10.1 Å². The molecule has 5 nitrogen and oxygen atoms in total. The minimum absolute atomic E-state index is 0.0944. The van der Waals surface area contributed by atoms with E-state index in [0.717, 1.165) is 82.7 Å². The first-order valence-corrected chi connectivity index (χ1v) is 15.9. The van der Waals surface area contributed by atoms with Gasteiger partial charge >= 0.3 is 0 Å². The van der Waals surface area contributed by atoms with Gasteiger partial charge in [-0.25, -0.2) is 9.37 Å². The number of nitrogens with one attached hydrogen (secondary N) is 1. The maximum Gasteiger partial charge on any atom is 0.230 e. The molecular formula is C35H35FN2O3S. The number of carbonyl (C=O) groups excluding carboxylic acids is 1. The lowest BCUT2D eigenvalue weighted by atomic mass is 9.44. The zero-order valence-electron chi connectivity index (χ0n) is 24.1. The Morgan fingerprint density at radius 1 is 1.07 bits per heavy atom. The quantitative estimate of drug-likeness (QED) is 0.239. The summed E-state index contributed by atoms with van der Waals surface area (Å²) in [6.45, 7) is 2.61. The van der Waals surface area contributed by atoms with Crippen LogP contribution in [0.5, 0.6) is 5.75 Å². The van der Waals surface area contributed by atoms with Gasteiger partial charge in [0.25, 0.3) is 0 Å². The summed E-state index contributed by atoms with van der Waals surface area (Å²) in [5.74, 6) is 1.39. The smallest absolute Gasteiger partial charge is 0.230 e. The normalized spacial score (nSPS) is 29.2. The number of methoxy groups -OCH3 is 1. The number of fused-ring (bicyclic) bond motifs is 4. The fourth-order valence-electron chi connectivity index (χ4n) is 8.07. The molecule has 42 heavy (non-hydrogen) atoms. The van der Waals surface area contributed by atoms with Crippen LogP contribution in [0.1, 0.15) is 61.1 Å². The molecule has 1 amide bonds. The molecule has 4 aliphatic carbocycles. The number of hydrogen-bond donors (Lipinski definition) is 1. The summed E-state index contributed by atoms with van der Waals surface area (Å²) in [5, 5.41) is 4.28. The van der Waals surface area contributed by atoms with Crippen molar-refractivity contribution in [2.24, 2.45) is 16.7 Å². The number of benzene rings is 3. The van der Waals surface area contributed by atoms with E-state index in [-0.39, 0.29) is 28.2 Å². The number of anilines is 1. The molecule has 1 N–H and O–H groups in total. The highest BCUT2D eigenvalue weighted by Crippen LogP contribution is 2.65. The van der Waals surface area contributed by atoms with Crippen LogP contribution in [0.25, 0.3) is 21.3 Å². The van der Waals surface area contributed by atoms with Gasteiger partial charge in [-0.05, 0) is 123 Å². The highest BCUT2D eigenvalue weighted by molar-refractivity contribution is 7.18. The summed E-state index contributed by atoms with van der Waals surface area (Å²) < 4.78 is 29.1. The van der Waals surface area contributed by atoms with Gasteiger partial charge in [0, 0.05) is 11.3 Å². The van der Waals surface area contributed by atoms with E-state index in [1.54, 1.807) is 24.5 Å². The van der Waals surface area contributed by atoms with E-state index in [0.29, 0.717) is 24.5 Å². The molecule has 0 atom stereocenters. The highest BCUT2D eigenvalue weighted by Gasteiger charge is 2.61. The standard InChI is InChI=1S/C35H35FN2O3S/c1-21-37-29-9-3-23(15-30(29)42-21)31-26(28(10-8-27(31)36)38-32(39)34-16-22(17-34)18-34)19-33-11-13-35(14-12-33,41-20-33)24-4-6-25(40-2)7-5-24/h3-10,15,22H,11-14,16-20H2,1-2H3,(H,38,39). The van der Waals surface area contributed by atoms with E-state index in [4.69, 9.17) is 9.47 Å². The molecule has 4 aromatic rings. The number of amides is 1. The van der Waals surface area contributed by atoms with Crippen LogP contribution in [-0.4, -0.2) is 24.6 Å². The number of rotatable bonds is 7. The van der Waals surface area contributed by atoms with Crippen molar-refractivity contribution in [1.82, 2.24) is 4.98 Å². The van der Waals surface area contributed by atoms with E-state index in [9.17, 15) is 4.79 Å². The van der Waals surface area contributed by atoms with Crippen molar-refractivity contribution in [1.29, 1.82) is 0 Å². The van der Waals surface area contributed by atoms with Gasteiger partial charge in [0.1, 0.15) is 11.6 Å². The second kappa shape index (κ2) is 9.35. The largest absolute Gasteiger partial charge is 0.497 e. The summed E-state index contributed by atoms with van der Waals surface area (Å²) in [6.07, 6.45) is 7.41. The predicted molar refractivity (Wildman–Crippen MR) is 163 cm³/mol. The Morgan fingerprint density at radius 2 is 1.83 bits per heavy atom. The molecule has 2 saturated heterocycles. The highest BCUT2D eigenvalue weighted by atomic mass is 32.1. The van der Waals surface area contributed by atoms with Crippen LogP contribution in [0.3, 0.4) is 0 Å². The van der Waals surface area contributed by atoms with Crippen molar-refractivity contribution in [3.05, 3.63) is 76.5 Å². The van der Waals surface area contributed by atoms with Crippen LogP contribution in [0, 0.1) is 29.5 Å². The minimum Gasteiger partial charge on any atom is -0.497 e. The van der Waals surface area contributed by atoms with Crippen molar-refractivity contribution >= 4 is 33.1 Å². The summed E-state index contributed by atoms with van der Waals surface area (Å²) in [7, 11) is 1.68. The number of thiazole rings is 1. The third-order valence-electron chi connectivity index (χ3n) is 10.8. The maximum absolute atomic E-state index is 15.9. The third-order valence-corrected chi connectivity index (χ3v) is 11.7. The predicted octanol–water partition coefficient (Wildman–Crippen LogP) is 8.19.